The van der Waals surface area contributed by atoms with E-state index in [9.17, 15) is 8.42 Å². The molecule has 0 saturated heterocycles. The van der Waals surface area contributed by atoms with Gasteiger partial charge in [-0.05, 0) is 86.5 Å². The second-order valence-electron chi connectivity index (χ2n) is 10.9. The van der Waals surface area contributed by atoms with Gasteiger partial charge in [-0.2, -0.15) is 0 Å². The summed E-state index contributed by atoms with van der Waals surface area (Å²) in [4.78, 5) is 5.09. The normalized spacial score (nSPS) is 14.6. The number of aryl methyl sites for hydroxylation is 2. The van der Waals surface area contributed by atoms with Crippen LogP contribution in [0.5, 0.6) is 11.5 Å². The van der Waals surface area contributed by atoms with Gasteiger partial charge in [0, 0.05) is 28.8 Å². The Morgan fingerprint density at radius 2 is 1.47 bits per heavy atom. The van der Waals surface area contributed by atoms with Gasteiger partial charge in [-0.3, -0.25) is 9.71 Å². The lowest BCUT2D eigenvalue weighted by molar-refractivity contribution is 0.340. The quantitative estimate of drug-likeness (QED) is 0.168. The van der Waals surface area contributed by atoms with Gasteiger partial charge in [0.05, 0.1) is 22.9 Å². The summed E-state index contributed by atoms with van der Waals surface area (Å²) in [6.45, 7) is 6.56. The van der Waals surface area contributed by atoms with Crippen molar-refractivity contribution in [2.75, 3.05) is 11.3 Å². The fraction of sp³-hybridized carbons (Fsp3) is 0.132. The van der Waals surface area contributed by atoms with Crippen LogP contribution in [0.2, 0.25) is 0 Å². The zero-order valence-corrected chi connectivity index (χ0v) is 26.2. The van der Waals surface area contributed by atoms with Crippen molar-refractivity contribution >= 4 is 33.4 Å². The van der Waals surface area contributed by atoms with Gasteiger partial charge in [0.15, 0.2) is 0 Å². The molecule has 0 amide bonds. The number of sulfonamides is 1. The Bertz CT molecular complexity index is 2000. The molecule has 0 spiro atoms. The molecule has 5 aromatic carbocycles. The summed E-state index contributed by atoms with van der Waals surface area (Å²) in [5, 5.41) is 0. The van der Waals surface area contributed by atoms with E-state index >= 15 is 0 Å². The fourth-order valence-corrected chi connectivity index (χ4v) is 6.56. The molecule has 1 aliphatic heterocycles. The zero-order chi connectivity index (χ0) is 31.4. The van der Waals surface area contributed by atoms with Crippen molar-refractivity contribution in [1.29, 1.82) is 0 Å². The molecule has 1 aliphatic rings. The van der Waals surface area contributed by atoms with E-state index in [-0.39, 0.29) is 10.8 Å². The monoisotopic (exact) mass is 614 g/mol. The summed E-state index contributed by atoms with van der Waals surface area (Å²) >= 11 is 0. The minimum absolute atomic E-state index is 0.183. The molecule has 6 rings (SSSR count). The Labute approximate surface area is 264 Å². The Morgan fingerprint density at radius 1 is 0.800 bits per heavy atom. The maximum absolute atomic E-state index is 13.3. The molecule has 0 radical (unpaired) electrons. The van der Waals surface area contributed by atoms with E-state index in [0.717, 1.165) is 44.9 Å². The molecule has 1 heterocycles. The Morgan fingerprint density at radius 3 is 2.20 bits per heavy atom. The number of anilines is 1. The van der Waals surface area contributed by atoms with Crippen LogP contribution in [0.1, 0.15) is 40.7 Å². The molecule has 1 atom stereocenters. The lowest BCUT2D eigenvalue weighted by Gasteiger charge is -2.30. The van der Waals surface area contributed by atoms with Gasteiger partial charge in [-0.25, -0.2) is 8.42 Å². The second kappa shape index (κ2) is 12.8. The highest BCUT2D eigenvalue weighted by Crippen LogP contribution is 2.46. The molecule has 7 heteroatoms. The number of benzene rings is 5. The van der Waals surface area contributed by atoms with Crippen LogP contribution < -0.4 is 14.2 Å². The lowest BCUT2D eigenvalue weighted by Crippen LogP contribution is -2.18. The van der Waals surface area contributed by atoms with Gasteiger partial charge in [-0.15, -0.1) is 0 Å². The first kappa shape index (κ1) is 29.9. The van der Waals surface area contributed by atoms with E-state index in [4.69, 9.17) is 14.5 Å². The summed E-state index contributed by atoms with van der Waals surface area (Å²) in [6.07, 6.45) is 1.80. The molecule has 6 nitrogen and oxygen atoms in total. The Kier molecular flexibility index (Phi) is 8.54. The molecule has 0 fully saturated rings. The van der Waals surface area contributed by atoms with Crippen molar-refractivity contribution in [3.05, 3.63) is 155 Å². The third-order valence-corrected chi connectivity index (χ3v) is 9.15. The number of hydrogen-bond acceptors (Lipinski definition) is 5. The van der Waals surface area contributed by atoms with Crippen LogP contribution in [0.15, 0.2) is 137 Å². The predicted octanol–water partition coefficient (Wildman–Crippen LogP) is 8.84. The lowest BCUT2D eigenvalue weighted by atomic mass is 9.80. The summed E-state index contributed by atoms with van der Waals surface area (Å²) in [5.74, 6) is 2.04. The largest absolute Gasteiger partial charge is 0.494 e. The van der Waals surface area contributed by atoms with E-state index in [1.807, 2.05) is 74.5 Å². The summed E-state index contributed by atoms with van der Waals surface area (Å²) in [6, 6.07) is 38.1. The van der Waals surface area contributed by atoms with Gasteiger partial charge in [0.25, 0.3) is 10.0 Å². The summed E-state index contributed by atoms with van der Waals surface area (Å²) in [7, 11) is -3.83. The smallest absolute Gasteiger partial charge is 0.261 e. The predicted molar refractivity (Wildman–Crippen MR) is 181 cm³/mol. The molecule has 0 aromatic heterocycles. The number of hydrogen-bond donors (Lipinski definition) is 1. The minimum atomic E-state index is -3.83. The summed E-state index contributed by atoms with van der Waals surface area (Å²) in [5.41, 5.74) is 6.86. The van der Waals surface area contributed by atoms with E-state index in [2.05, 4.69) is 29.8 Å². The number of nitrogens with zero attached hydrogens (tertiary/aromatic N) is 1. The Hall–Kier alpha value is -5.14. The van der Waals surface area contributed by atoms with E-state index in [1.54, 1.807) is 48.7 Å². The molecule has 1 N–H and O–H groups in total. The number of ether oxygens (including phenoxy) is 2. The second-order valence-corrected chi connectivity index (χ2v) is 12.5. The van der Waals surface area contributed by atoms with E-state index < -0.39 is 10.0 Å². The van der Waals surface area contributed by atoms with Gasteiger partial charge >= 0.3 is 0 Å². The van der Waals surface area contributed by atoms with Crippen molar-refractivity contribution < 1.29 is 17.9 Å². The van der Waals surface area contributed by atoms with Crippen molar-refractivity contribution in [2.45, 2.75) is 31.6 Å². The van der Waals surface area contributed by atoms with Gasteiger partial charge in [0.2, 0.25) is 0 Å². The number of para-hydroxylation sites is 3. The van der Waals surface area contributed by atoms with Crippen LogP contribution in [0, 0.1) is 13.8 Å². The molecule has 5 aromatic rings. The van der Waals surface area contributed by atoms with Gasteiger partial charge < -0.3 is 9.47 Å². The number of rotatable bonds is 9. The van der Waals surface area contributed by atoms with Crippen LogP contribution in [-0.4, -0.2) is 21.2 Å². The number of fused-ring (bicyclic) bond motifs is 1. The Balaban J connectivity index is 1.48. The molecular formula is C38H34N2O4S. The maximum atomic E-state index is 13.3. The van der Waals surface area contributed by atoms with E-state index in [1.165, 1.54) is 0 Å². The standard InChI is InChI=1S/C38H34N2O4S/c1-4-43-29-21-19-28(20-22-29)38-33(37(31-12-6-5-11-27(31)3)32-13-7-10-16-36(32)44-38)25-39-34-14-8-9-15-35(34)40-45(41,42)30-23-17-26(2)18-24-30/h5-25,37,40H,4H2,1-3H3/t37-/m1/s1. The highest BCUT2D eigenvalue weighted by Gasteiger charge is 2.32. The number of nitrogens with one attached hydrogen (secondary N) is 1. The molecule has 226 valence electrons. The molecular weight excluding hydrogens is 580 g/mol. The van der Waals surface area contributed by atoms with Crippen LogP contribution in [0.25, 0.3) is 5.76 Å². The highest BCUT2D eigenvalue weighted by molar-refractivity contribution is 7.92. The third-order valence-electron chi connectivity index (χ3n) is 7.76. The van der Waals surface area contributed by atoms with Crippen molar-refractivity contribution in [1.82, 2.24) is 0 Å². The SMILES string of the molecule is CCOc1ccc(C2=C(C=Nc3ccccc3NS(=O)(=O)c3ccc(C)cc3)[C@H](c3ccccc3C)c3ccccc3O2)cc1. The van der Waals surface area contributed by atoms with Gasteiger partial charge in [-0.1, -0.05) is 72.3 Å². The van der Waals surface area contributed by atoms with Crippen molar-refractivity contribution in [3.8, 4) is 11.5 Å². The van der Waals surface area contributed by atoms with Crippen molar-refractivity contribution in [3.63, 3.8) is 0 Å². The molecule has 0 unspecified atom stereocenters. The van der Waals surface area contributed by atoms with Crippen LogP contribution >= 0.6 is 0 Å². The zero-order valence-electron chi connectivity index (χ0n) is 25.4. The maximum Gasteiger partial charge on any atom is 0.261 e. The van der Waals surface area contributed by atoms with Crippen LogP contribution in [-0.2, 0) is 10.0 Å². The topological polar surface area (TPSA) is 77.0 Å². The molecule has 0 saturated carbocycles. The average Bonchev–Trinajstić information content (AvgIpc) is 3.05. The van der Waals surface area contributed by atoms with Crippen LogP contribution in [0.3, 0.4) is 0 Å². The summed E-state index contributed by atoms with van der Waals surface area (Å²) < 4.78 is 41.6. The van der Waals surface area contributed by atoms with Crippen LogP contribution in [0.4, 0.5) is 11.4 Å². The molecule has 45 heavy (non-hydrogen) atoms. The first-order valence-electron chi connectivity index (χ1n) is 14.9. The first-order chi connectivity index (χ1) is 21.8. The van der Waals surface area contributed by atoms with Gasteiger partial charge in [0.1, 0.15) is 17.3 Å². The van der Waals surface area contributed by atoms with Crippen molar-refractivity contribution in [2.24, 2.45) is 4.99 Å². The molecule has 0 aliphatic carbocycles. The third kappa shape index (κ3) is 6.40. The minimum Gasteiger partial charge on any atom is -0.494 e. The van der Waals surface area contributed by atoms with E-state index in [0.29, 0.717) is 23.7 Å². The average molecular weight is 615 g/mol. The first-order valence-corrected chi connectivity index (χ1v) is 16.3. The highest BCUT2D eigenvalue weighted by atomic mass is 32.2. The number of aliphatic imine (C=N–C) groups is 1. The fourth-order valence-electron chi connectivity index (χ4n) is 5.49. The molecule has 0 bridgehead atoms. The number of allylic oxidation sites excluding steroid dienone is 1.